The van der Waals surface area contributed by atoms with Gasteiger partial charge in [0.2, 0.25) is 5.91 Å². The summed E-state index contributed by atoms with van der Waals surface area (Å²) in [5, 5.41) is 10.3. The van der Waals surface area contributed by atoms with Crippen molar-refractivity contribution in [2.75, 3.05) is 25.5 Å². The van der Waals surface area contributed by atoms with Crippen LogP contribution in [-0.4, -0.2) is 54.4 Å². The van der Waals surface area contributed by atoms with Crippen molar-refractivity contribution >= 4 is 34.2 Å². The summed E-state index contributed by atoms with van der Waals surface area (Å²) in [4.78, 5) is 29.0. The van der Waals surface area contributed by atoms with Gasteiger partial charge in [-0.25, -0.2) is 15.6 Å². The van der Waals surface area contributed by atoms with Crippen LogP contribution in [0.2, 0.25) is 0 Å². The van der Waals surface area contributed by atoms with E-state index in [0.717, 1.165) is 29.5 Å². The standard InChI is InChI=1S/C29H38F3N7O3S.2C2H6/c1-4-35-12-11-19-6-7-20(14-21(13-19)29(30,31)32)15-26(40)37-22-8-5-18(2)24(10-9-22)39(34)17-23(33)25-16-36-27(43-25)38-28(41)42-3;2*1-2/h5,7-8,13-14,16-17,24,35H,4,6,9-12,15,33-34H2,1-3H3,(H,37,40)(H,36,38,41);2*1-2H3/b23-17-;;. The summed E-state index contributed by atoms with van der Waals surface area (Å²) in [6.07, 6.45) is 7.17. The number of allylic oxidation sites excluding steroid dienone is 7. The normalized spacial score (nSPS) is 16.5. The predicted molar refractivity (Wildman–Crippen MR) is 185 cm³/mol. The number of ether oxygens (including phenoxy) is 1. The SMILES string of the molecule is CC.CC.CCNCCC1=CC(C(F)(F)F)=CC(CC(=O)NC2=CC=C(C)C(N(N)/C=C(\N)c3cnc(NC(=O)OC)s3)CC2)=CC1. The first-order chi connectivity index (χ1) is 22.4. The lowest BCUT2D eigenvalue weighted by Crippen LogP contribution is -2.38. The third-order valence-corrected chi connectivity index (χ3v) is 7.75. The first kappa shape index (κ1) is 41.1. The van der Waals surface area contributed by atoms with Crippen LogP contribution < -0.4 is 27.5 Å². The predicted octanol–water partition coefficient (Wildman–Crippen LogP) is 7.05. The maximum atomic E-state index is 13.7. The second kappa shape index (κ2) is 21.1. The summed E-state index contributed by atoms with van der Waals surface area (Å²) in [5.41, 5.74) is 8.35. The molecule has 0 fully saturated rings. The summed E-state index contributed by atoms with van der Waals surface area (Å²) in [7, 11) is 1.25. The quantitative estimate of drug-likeness (QED) is 0.0949. The number of rotatable bonds is 11. The molecular formula is C33H50F3N7O3S. The molecule has 1 aromatic heterocycles. The summed E-state index contributed by atoms with van der Waals surface area (Å²) in [6, 6.07) is -0.238. The average molecular weight is 682 g/mol. The van der Waals surface area contributed by atoms with Gasteiger partial charge >= 0.3 is 12.3 Å². The molecule has 2 aliphatic carbocycles. The Kier molecular flexibility index (Phi) is 18.5. The van der Waals surface area contributed by atoms with Gasteiger partial charge in [0.15, 0.2) is 5.13 Å². The van der Waals surface area contributed by atoms with Crippen molar-refractivity contribution in [1.29, 1.82) is 0 Å². The molecule has 1 aromatic rings. The van der Waals surface area contributed by atoms with Gasteiger partial charge in [0, 0.05) is 18.1 Å². The molecule has 0 aromatic carbocycles. The number of halogens is 3. The van der Waals surface area contributed by atoms with Crippen LogP contribution >= 0.6 is 11.3 Å². The number of hydrogen-bond acceptors (Lipinski definition) is 9. The minimum atomic E-state index is -4.52. The Morgan fingerprint density at radius 2 is 1.87 bits per heavy atom. The van der Waals surface area contributed by atoms with Crippen LogP contribution in [0.1, 0.15) is 78.5 Å². The molecule has 1 heterocycles. The van der Waals surface area contributed by atoms with E-state index in [4.69, 9.17) is 11.6 Å². The highest BCUT2D eigenvalue weighted by atomic mass is 32.1. The van der Waals surface area contributed by atoms with E-state index in [0.29, 0.717) is 64.8 Å². The van der Waals surface area contributed by atoms with E-state index in [1.165, 1.54) is 24.4 Å². The summed E-state index contributed by atoms with van der Waals surface area (Å²) in [6.45, 7) is 13.2. The van der Waals surface area contributed by atoms with E-state index >= 15 is 0 Å². The lowest BCUT2D eigenvalue weighted by molar-refractivity contribution is -0.119. The molecule has 3 rings (SSSR count). The maximum absolute atomic E-state index is 13.7. The lowest BCUT2D eigenvalue weighted by Gasteiger charge is -2.27. The number of nitrogens with zero attached hydrogens (tertiary/aromatic N) is 2. The van der Waals surface area contributed by atoms with Crippen molar-refractivity contribution in [3.8, 4) is 0 Å². The Labute approximate surface area is 280 Å². The summed E-state index contributed by atoms with van der Waals surface area (Å²) in [5.74, 6) is 5.95. The van der Waals surface area contributed by atoms with E-state index in [9.17, 15) is 22.8 Å². The van der Waals surface area contributed by atoms with E-state index in [-0.39, 0.29) is 12.5 Å². The van der Waals surface area contributed by atoms with E-state index in [2.05, 4.69) is 25.7 Å². The monoisotopic (exact) mass is 681 g/mol. The van der Waals surface area contributed by atoms with E-state index in [1.54, 1.807) is 18.4 Å². The van der Waals surface area contributed by atoms with Crippen LogP contribution in [-0.2, 0) is 9.53 Å². The number of hydrogen-bond donors (Lipinski definition) is 5. The molecule has 2 amide bonds. The Hall–Kier alpha value is -3.88. The second-order valence-corrected chi connectivity index (χ2v) is 11.1. The highest BCUT2D eigenvalue weighted by molar-refractivity contribution is 7.16. The number of alkyl halides is 3. The minimum absolute atomic E-state index is 0.179. The molecule has 7 N–H and O–H groups in total. The number of methoxy groups -OCH3 is 1. The molecule has 2 aliphatic rings. The number of thiazole rings is 1. The van der Waals surface area contributed by atoms with Crippen LogP contribution in [0.4, 0.5) is 23.1 Å². The van der Waals surface area contributed by atoms with Gasteiger partial charge in [-0.15, -0.1) is 0 Å². The fourth-order valence-corrected chi connectivity index (χ4v) is 5.21. The first-order valence-electron chi connectivity index (χ1n) is 15.8. The molecule has 1 atom stereocenters. The highest BCUT2D eigenvalue weighted by Crippen LogP contribution is 2.32. The lowest BCUT2D eigenvalue weighted by atomic mass is 10.0. The summed E-state index contributed by atoms with van der Waals surface area (Å²) >= 11 is 1.16. The van der Waals surface area contributed by atoms with Gasteiger partial charge < -0.3 is 26.1 Å². The fraction of sp³-hybridized carbons (Fsp3) is 0.485. The van der Waals surface area contributed by atoms with Gasteiger partial charge in [-0.2, -0.15) is 13.2 Å². The van der Waals surface area contributed by atoms with Crippen LogP contribution in [0.3, 0.4) is 0 Å². The zero-order chi connectivity index (χ0) is 35.6. The molecule has 0 saturated carbocycles. The van der Waals surface area contributed by atoms with Crippen molar-refractivity contribution in [3.05, 3.63) is 75.6 Å². The number of nitrogens with one attached hydrogen (secondary N) is 3. The molecule has 0 radical (unpaired) electrons. The van der Waals surface area contributed by atoms with E-state index < -0.39 is 23.7 Å². The molecular weight excluding hydrogens is 631 g/mol. The maximum Gasteiger partial charge on any atom is 0.416 e. The molecule has 0 bridgehead atoms. The average Bonchev–Trinajstić information content (AvgIpc) is 3.31. The molecule has 47 heavy (non-hydrogen) atoms. The highest BCUT2D eigenvalue weighted by Gasteiger charge is 2.33. The van der Waals surface area contributed by atoms with Gasteiger partial charge in [-0.3, -0.25) is 10.1 Å². The smallest absolute Gasteiger partial charge is 0.416 e. The second-order valence-electron chi connectivity index (χ2n) is 10.0. The molecule has 10 nitrogen and oxygen atoms in total. The van der Waals surface area contributed by atoms with Crippen LogP contribution in [0.5, 0.6) is 0 Å². The third-order valence-electron chi connectivity index (χ3n) is 6.78. The Balaban J connectivity index is 0.00000265. The van der Waals surface area contributed by atoms with Gasteiger partial charge in [-0.05, 0) is 69.0 Å². The first-order valence-corrected chi connectivity index (χ1v) is 16.6. The number of aromatic nitrogens is 1. The molecule has 0 spiro atoms. The van der Waals surface area contributed by atoms with E-state index in [1.807, 2.05) is 47.6 Å². The Morgan fingerprint density at radius 1 is 1.17 bits per heavy atom. The zero-order valence-corrected chi connectivity index (χ0v) is 29.2. The number of amides is 2. The Bertz CT molecular complexity index is 1360. The van der Waals surface area contributed by atoms with Crippen LogP contribution in [0.25, 0.3) is 5.70 Å². The van der Waals surface area contributed by atoms with Gasteiger partial charge in [0.1, 0.15) is 0 Å². The van der Waals surface area contributed by atoms with Crippen molar-refractivity contribution in [2.24, 2.45) is 11.6 Å². The number of carbonyl (C=O) groups is 2. The molecule has 0 aliphatic heterocycles. The Morgan fingerprint density at radius 3 is 2.51 bits per heavy atom. The molecule has 262 valence electrons. The summed E-state index contributed by atoms with van der Waals surface area (Å²) < 4.78 is 45.6. The minimum Gasteiger partial charge on any atom is -0.453 e. The molecule has 0 saturated heterocycles. The number of carbonyl (C=O) groups excluding carboxylic acids is 2. The van der Waals surface area contributed by atoms with Crippen LogP contribution in [0, 0.1) is 0 Å². The van der Waals surface area contributed by atoms with Crippen molar-refractivity contribution in [1.82, 2.24) is 20.6 Å². The number of hydrazine groups is 1. The van der Waals surface area contributed by atoms with Crippen molar-refractivity contribution in [3.63, 3.8) is 0 Å². The third kappa shape index (κ3) is 14.2. The molecule has 1 unspecified atom stereocenters. The van der Waals surface area contributed by atoms with Gasteiger partial charge in [-0.1, -0.05) is 69.8 Å². The zero-order valence-electron chi connectivity index (χ0n) is 28.4. The number of anilines is 1. The van der Waals surface area contributed by atoms with Gasteiger partial charge in [0.05, 0.1) is 35.7 Å². The topological polar surface area (TPSA) is 148 Å². The van der Waals surface area contributed by atoms with Crippen molar-refractivity contribution < 1.29 is 27.5 Å². The van der Waals surface area contributed by atoms with Gasteiger partial charge in [0.25, 0.3) is 0 Å². The number of nitrogens with two attached hydrogens (primary N) is 2. The van der Waals surface area contributed by atoms with Crippen LogP contribution in [0.15, 0.2) is 70.8 Å². The fourth-order valence-electron chi connectivity index (χ4n) is 4.49. The van der Waals surface area contributed by atoms with Crippen molar-refractivity contribution in [2.45, 2.75) is 85.9 Å². The molecule has 14 heteroatoms. The largest absolute Gasteiger partial charge is 0.453 e.